The minimum atomic E-state index is 0.381. The largest absolute Gasteiger partial charge is 0.398 e. The Kier molecular flexibility index (Phi) is 3.53. The molecule has 3 nitrogen and oxygen atoms in total. The maximum Gasteiger partial charge on any atom is 0.0726 e. The molecule has 3 heteroatoms. The van der Waals surface area contributed by atoms with Gasteiger partial charge >= 0.3 is 0 Å². The van der Waals surface area contributed by atoms with Crippen molar-refractivity contribution in [2.24, 2.45) is 0 Å². The Bertz CT molecular complexity index is 640. The van der Waals surface area contributed by atoms with Gasteiger partial charge in [-0.15, -0.1) is 0 Å². The normalized spacial score (nSPS) is 10.6. The lowest BCUT2D eigenvalue weighted by Crippen LogP contribution is -2.11. The van der Waals surface area contributed by atoms with Crippen LogP contribution < -0.4 is 11.5 Å². The van der Waals surface area contributed by atoms with Gasteiger partial charge in [0, 0.05) is 22.5 Å². The van der Waals surface area contributed by atoms with Crippen LogP contribution in [0.5, 0.6) is 0 Å². The van der Waals surface area contributed by atoms with Crippen LogP contribution in [0.15, 0.2) is 24.3 Å². The summed E-state index contributed by atoms with van der Waals surface area (Å²) in [5.41, 5.74) is 19.8. The zero-order valence-corrected chi connectivity index (χ0v) is 12.5. The zero-order valence-electron chi connectivity index (χ0n) is 12.5. The number of nitrogen functional groups attached to an aromatic ring is 2. The standard InChI is InChI=1S/C17H21N3/c1-9-5-7-13(15(18)11(9)3)17(20)14-8-6-10(2)12(4)16(14)19/h5-8,20H,18-19H2,1-4H3. The maximum atomic E-state index is 8.43. The molecule has 0 bridgehead atoms. The molecule has 2 aromatic carbocycles. The molecule has 0 aliphatic heterocycles. The summed E-state index contributed by atoms with van der Waals surface area (Å²) in [7, 11) is 0. The lowest BCUT2D eigenvalue weighted by molar-refractivity contribution is 1.31. The van der Waals surface area contributed by atoms with E-state index in [-0.39, 0.29) is 0 Å². The third kappa shape index (κ3) is 2.16. The number of benzene rings is 2. The van der Waals surface area contributed by atoms with Crippen molar-refractivity contribution in [3.05, 3.63) is 57.6 Å². The quantitative estimate of drug-likeness (QED) is 0.575. The van der Waals surface area contributed by atoms with E-state index in [0.29, 0.717) is 17.1 Å². The van der Waals surface area contributed by atoms with Gasteiger partial charge in [-0.2, -0.15) is 0 Å². The van der Waals surface area contributed by atoms with E-state index in [1.54, 1.807) is 0 Å². The van der Waals surface area contributed by atoms with E-state index in [2.05, 4.69) is 0 Å². The Morgan fingerprint density at radius 3 is 1.45 bits per heavy atom. The van der Waals surface area contributed by atoms with Crippen LogP contribution in [0.3, 0.4) is 0 Å². The monoisotopic (exact) mass is 267 g/mol. The van der Waals surface area contributed by atoms with Gasteiger partial charge in [-0.1, -0.05) is 24.3 Å². The van der Waals surface area contributed by atoms with E-state index < -0.39 is 0 Å². The molecule has 20 heavy (non-hydrogen) atoms. The first-order chi connectivity index (χ1) is 9.34. The van der Waals surface area contributed by atoms with Gasteiger partial charge < -0.3 is 11.5 Å². The summed E-state index contributed by atoms with van der Waals surface area (Å²) in [4.78, 5) is 0. The average Bonchev–Trinajstić information content (AvgIpc) is 2.42. The van der Waals surface area contributed by atoms with Crippen molar-refractivity contribution < 1.29 is 0 Å². The summed E-state index contributed by atoms with van der Waals surface area (Å²) in [6, 6.07) is 7.78. The number of rotatable bonds is 2. The molecule has 0 saturated heterocycles. The van der Waals surface area contributed by atoms with Crippen LogP contribution in [0.1, 0.15) is 33.4 Å². The molecule has 0 aliphatic rings. The summed E-state index contributed by atoms with van der Waals surface area (Å²) in [5, 5.41) is 8.43. The van der Waals surface area contributed by atoms with Gasteiger partial charge in [0.1, 0.15) is 0 Å². The second-order valence-corrected chi connectivity index (χ2v) is 5.31. The minimum Gasteiger partial charge on any atom is -0.398 e. The third-order valence-corrected chi connectivity index (χ3v) is 4.11. The van der Waals surface area contributed by atoms with Crippen LogP contribution >= 0.6 is 0 Å². The Labute approximate surface area is 120 Å². The summed E-state index contributed by atoms with van der Waals surface area (Å²) < 4.78 is 0. The predicted octanol–water partition coefficient (Wildman–Crippen LogP) is 3.50. The highest BCUT2D eigenvalue weighted by Gasteiger charge is 2.15. The molecule has 0 heterocycles. The average molecular weight is 267 g/mol. The summed E-state index contributed by atoms with van der Waals surface area (Å²) in [5.74, 6) is 0. The first-order valence-electron chi connectivity index (χ1n) is 6.65. The number of nitrogens with two attached hydrogens (primary N) is 2. The van der Waals surface area contributed by atoms with Crippen molar-refractivity contribution in [2.75, 3.05) is 11.5 Å². The first-order valence-corrected chi connectivity index (χ1v) is 6.65. The fourth-order valence-electron chi connectivity index (χ4n) is 2.26. The van der Waals surface area contributed by atoms with Crippen LogP contribution in [0, 0.1) is 33.1 Å². The smallest absolute Gasteiger partial charge is 0.0726 e. The highest BCUT2D eigenvalue weighted by Crippen LogP contribution is 2.27. The van der Waals surface area contributed by atoms with Crippen molar-refractivity contribution in [1.29, 1.82) is 5.41 Å². The van der Waals surface area contributed by atoms with Crippen LogP contribution in [-0.4, -0.2) is 5.71 Å². The van der Waals surface area contributed by atoms with Gasteiger partial charge in [-0.25, -0.2) is 0 Å². The van der Waals surface area contributed by atoms with Gasteiger partial charge in [-0.3, -0.25) is 5.41 Å². The Morgan fingerprint density at radius 1 is 0.750 bits per heavy atom. The van der Waals surface area contributed by atoms with Gasteiger partial charge in [0.05, 0.1) is 5.71 Å². The zero-order chi connectivity index (χ0) is 15.0. The number of nitrogens with one attached hydrogen (secondary N) is 1. The molecule has 0 aliphatic carbocycles. The molecule has 0 aromatic heterocycles. The van der Waals surface area contributed by atoms with Gasteiger partial charge in [0.15, 0.2) is 0 Å². The van der Waals surface area contributed by atoms with E-state index >= 15 is 0 Å². The lowest BCUT2D eigenvalue weighted by Gasteiger charge is -2.15. The molecular weight excluding hydrogens is 246 g/mol. The highest BCUT2D eigenvalue weighted by atomic mass is 14.6. The van der Waals surface area contributed by atoms with Crippen molar-refractivity contribution in [1.82, 2.24) is 0 Å². The van der Waals surface area contributed by atoms with Crippen molar-refractivity contribution in [3.63, 3.8) is 0 Å². The number of hydrogen-bond acceptors (Lipinski definition) is 3. The Morgan fingerprint density at radius 2 is 1.10 bits per heavy atom. The SMILES string of the molecule is Cc1ccc(C(=N)c2ccc(C)c(C)c2N)c(N)c1C. The van der Waals surface area contributed by atoms with E-state index in [9.17, 15) is 0 Å². The van der Waals surface area contributed by atoms with Crippen LogP contribution in [0.2, 0.25) is 0 Å². The molecule has 0 atom stereocenters. The van der Waals surface area contributed by atoms with Crippen molar-refractivity contribution in [2.45, 2.75) is 27.7 Å². The Hall–Kier alpha value is -2.29. The van der Waals surface area contributed by atoms with Gasteiger partial charge in [0.2, 0.25) is 0 Å². The van der Waals surface area contributed by atoms with Crippen LogP contribution in [0.4, 0.5) is 11.4 Å². The molecule has 2 rings (SSSR count). The summed E-state index contributed by atoms with van der Waals surface area (Å²) >= 11 is 0. The maximum absolute atomic E-state index is 8.43. The highest BCUT2D eigenvalue weighted by molar-refractivity contribution is 6.17. The molecule has 0 amide bonds. The van der Waals surface area contributed by atoms with Crippen LogP contribution in [-0.2, 0) is 0 Å². The molecule has 0 spiro atoms. The third-order valence-electron chi connectivity index (χ3n) is 4.11. The van der Waals surface area contributed by atoms with E-state index in [1.807, 2.05) is 52.0 Å². The minimum absolute atomic E-state index is 0.381. The van der Waals surface area contributed by atoms with E-state index in [0.717, 1.165) is 33.4 Å². The second-order valence-electron chi connectivity index (χ2n) is 5.31. The van der Waals surface area contributed by atoms with Crippen LogP contribution in [0.25, 0.3) is 0 Å². The van der Waals surface area contributed by atoms with Gasteiger partial charge in [0.25, 0.3) is 0 Å². The predicted molar refractivity (Wildman–Crippen MR) is 86.6 cm³/mol. The molecule has 0 fully saturated rings. The molecule has 0 radical (unpaired) electrons. The first kappa shape index (κ1) is 14.1. The van der Waals surface area contributed by atoms with Crippen molar-refractivity contribution >= 4 is 17.1 Å². The van der Waals surface area contributed by atoms with E-state index in [4.69, 9.17) is 16.9 Å². The molecule has 5 N–H and O–H groups in total. The lowest BCUT2D eigenvalue weighted by atomic mass is 9.93. The molecule has 0 unspecified atom stereocenters. The molecule has 104 valence electrons. The fraction of sp³-hybridized carbons (Fsp3) is 0.235. The number of aryl methyl sites for hydroxylation is 2. The summed E-state index contributed by atoms with van der Waals surface area (Å²) in [6.07, 6.45) is 0. The van der Waals surface area contributed by atoms with E-state index in [1.165, 1.54) is 0 Å². The summed E-state index contributed by atoms with van der Waals surface area (Å²) in [6.45, 7) is 7.99. The topological polar surface area (TPSA) is 75.9 Å². The number of anilines is 2. The van der Waals surface area contributed by atoms with Gasteiger partial charge in [-0.05, 0) is 49.9 Å². The Balaban J connectivity index is 2.58. The molecular formula is C17H21N3. The van der Waals surface area contributed by atoms with Crippen molar-refractivity contribution in [3.8, 4) is 0 Å². The second kappa shape index (κ2) is 5.00. The molecule has 0 saturated carbocycles. The number of hydrogen-bond donors (Lipinski definition) is 3. The molecule has 2 aromatic rings. The fourth-order valence-corrected chi connectivity index (χ4v) is 2.26.